The van der Waals surface area contributed by atoms with Crippen molar-refractivity contribution in [3.63, 3.8) is 0 Å². The second-order valence-corrected chi connectivity index (χ2v) is 4.60. The van der Waals surface area contributed by atoms with Gasteiger partial charge in [-0.15, -0.1) is 0 Å². The van der Waals surface area contributed by atoms with Gasteiger partial charge in [0.2, 0.25) is 0 Å². The Labute approximate surface area is 101 Å². The van der Waals surface area contributed by atoms with Crippen LogP contribution in [0.15, 0.2) is 12.1 Å². The van der Waals surface area contributed by atoms with Gasteiger partial charge in [-0.3, -0.25) is 0 Å². The van der Waals surface area contributed by atoms with Gasteiger partial charge in [0.1, 0.15) is 5.82 Å². The first kappa shape index (κ1) is 11.0. The molecule has 0 saturated carbocycles. The van der Waals surface area contributed by atoms with Crippen molar-refractivity contribution >= 4 is 5.82 Å². The lowest BCUT2D eigenvalue weighted by Crippen LogP contribution is -2.34. The van der Waals surface area contributed by atoms with Crippen LogP contribution in [-0.2, 0) is 22.3 Å². The summed E-state index contributed by atoms with van der Waals surface area (Å²) in [6, 6.07) is 4.25. The van der Waals surface area contributed by atoms with Crippen molar-refractivity contribution in [2.45, 2.75) is 25.4 Å². The molecule has 0 spiro atoms. The normalized spacial score (nSPS) is 23.4. The first-order valence-corrected chi connectivity index (χ1v) is 6.34. The first-order valence-electron chi connectivity index (χ1n) is 6.34. The number of rotatable bonds is 3. The zero-order chi connectivity index (χ0) is 11.5. The van der Waals surface area contributed by atoms with Crippen LogP contribution in [-0.4, -0.2) is 37.5 Å². The van der Waals surface area contributed by atoms with Crippen LogP contribution in [0.5, 0.6) is 0 Å². The van der Waals surface area contributed by atoms with Crippen molar-refractivity contribution in [3.05, 3.63) is 23.4 Å². The molecular formula is C13H18N2O2. The molecule has 4 nitrogen and oxygen atoms in total. The van der Waals surface area contributed by atoms with E-state index in [1.807, 2.05) is 0 Å². The van der Waals surface area contributed by atoms with Crippen LogP contribution in [0, 0.1) is 0 Å². The minimum absolute atomic E-state index is 0.152. The number of anilines is 1. The summed E-state index contributed by atoms with van der Waals surface area (Å²) in [5, 5.41) is 3.33. The van der Waals surface area contributed by atoms with E-state index in [-0.39, 0.29) is 6.10 Å². The molecule has 1 N–H and O–H groups in total. The van der Waals surface area contributed by atoms with E-state index >= 15 is 0 Å². The van der Waals surface area contributed by atoms with Gasteiger partial charge < -0.3 is 14.8 Å². The molecule has 0 aromatic carbocycles. The fraction of sp³-hybridized carbons (Fsp3) is 0.615. The molecule has 1 saturated heterocycles. The number of aryl methyl sites for hydroxylation is 2. The minimum Gasteiger partial charge on any atom is -0.376 e. The second kappa shape index (κ2) is 5.02. The Kier molecular flexibility index (Phi) is 3.25. The summed E-state index contributed by atoms with van der Waals surface area (Å²) < 4.78 is 10.9. The monoisotopic (exact) mass is 234 g/mol. The number of pyridine rings is 1. The van der Waals surface area contributed by atoms with Gasteiger partial charge in [-0.1, -0.05) is 6.07 Å². The third-order valence-electron chi connectivity index (χ3n) is 3.32. The van der Waals surface area contributed by atoms with Crippen molar-refractivity contribution in [2.75, 3.05) is 31.7 Å². The molecule has 1 unspecified atom stereocenters. The Bertz CT molecular complexity index is 389. The molecule has 1 aliphatic heterocycles. The summed E-state index contributed by atoms with van der Waals surface area (Å²) in [5.74, 6) is 0.958. The van der Waals surface area contributed by atoms with Crippen LogP contribution in [0.1, 0.15) is 17.7 Å². The molecule has 1 aromatic rings. The van der Waals surface area contributed by atoms with Crippen molar-refractivity contribution in [1.29, 1.82) is 0 Å². The van der Waals surface area contributed by atoms with Crippen molar-refractivity contribution < 1.29 is 9.47 Å². The van der Waals surface area contributed by atoms with Gasteiger partial charge >= 0.3 is 0 Å². The largest absolute Gasteiger partial charge is 0.376 e. The van der Waals surface area contributed by atoms with Crippen LogP contribution < -0.4 is 5.32 Å². The number of hydrogen-bond acceptors (Lipinski definition) is 4. The molecule has 0 radical (unpaired) electrons. The first-order chi connectivity index (χ1) is 8.42. The molecule has 17 heavy (non-hydrogen) atoms. The Morgan fingerprint density at radius 3 is 3.18 bits per heavy atom. The maximum atomic E-state index is 5.58. The highest BCUT2D eigenvalue weighted by atomic mass is 16.6. The molecule has 92 valence electrons. The number of nitrogens with zero attached hydrogens (tertiary/aromatic N) is 1. The minimum atomic E-state index is 0.152. The van der Waals surface area contributed by atoms with Gasteiger partial charge in [0.15, 0.2) is 0 Å². The van der Waals surface area contributed by atoms with Crippen molar-refractivity contribution in [3.8, 4) is 0 Å². The highest BCUT2D eigenvalue weighted by Crippen LogP contribution is 2.21. The average Bonchev–Trinajstić information content (AvgIpc) is 2.85. The number of ether oxygens (including phenoxy) is 2. The Morgan fingerprint density at radius 2 is 2.29 bits per heavy atom. The molecule has 1 atom stereocenters. The standard InChI is InChI=1S/C13H18N2O2/c1-2-10-4-5-13(15-12(10)3-1)14-8-11-9-16-6-7-17-11/h4-5,11H,1-3,6-9H2,(H,14,15). The molecule has 1 aromatic heterocycles. The fourth-order valence-corrected chi connectivity index (χ4v) is 2.39. The summed E-state index contributed by atoms with van der Waals surface area (Å²) in [7, 11) is 0. The molecular weight excluding hydrogens is 216 g/mol. The van der Waals surface area contributed by atoms with Crippen molar-refractivity contribution in [1.82, 2.24) is 4.98 Å². The Hall–Kier alpha value is -1.13. The van der Waals surface area contributed by atoms with E-state index < -0.39 is 0 Å². The predicted octanol–water partition coefficient (Wildman–Crippen LogP) is 1.40. The van der Waals surface area contributed by atoms with Crippen LogP contribution in [0.2, 0.25) is 0 Å². The summed E-state index contributed by atoms with van der Waals surface area (Å²) in [4.78, 5) is 4.63. The van der Waals surface area contributed by atoms with E-state index in [0.29, 0.717) is 19.8 Å². The van der Waals surface area contributed by atoms with E-state index in [9.17, 15) is 0 Å². The average molecular weight is 234 g/mol. The summed E-state index contributed by atoms with van der Waals surface area (Å²) in [6.07, 6.45) is 3.69. The number of hydrogen-bond donors (Lipinski definition) is 1. The quantitative estimate of drug-likeness (QED) is 0.858. The summed E-state index contributed by atoms with van der Waals surface area (Å²) in [5.41, 5.74) is 2.67. The molecule has 1 fully saturated rings. The molecule has 1 aliphatic carbocycles. The van der Waals surface area contributed by atoms with Crippen LogP contribution >= 0.6 is 0 Å². The van der Waals surface area contributed by atoms with E-state index in [1.54, 1.807) is 0 Å². The van der Waals surface area contributed by atoms with Crippen LogP contribution in [0.25, 0.3) is 0 Å². The maximum Gasteiger partial charge on any atom is 0.126 e. The smallest absolute Gasteiger partial charge is 0.126 e. The lowest BCUT2D eigenvalue weighted by atomic mass is 10.2. The fourth-order valence-electron chi connectivity index (χ4n) is 2.39. The van der Waals surface area contributed by atoms with Gasteiger partial charge in [0, 0.05) is 12.2 Å². The Morgan fingerprint density at radius 1 is 1.29 bits per heavy atom. The van der Waals surface area contributed by atoms with E-state index in [2.05, 4.69) is 22.4 Å². The SMILES string of the molecule is c1cc2c(nc1NCC1COCCO1)CCC2. The molecule has 3 rings (SSSR count). The molecule has 2 heterocycles. The maximum absolute atomic E-state index is 5.58. The van der Waals surface area contributed by atoms with E-state index in [1.165, 1.54) is 24.1 Å². The van der Waals surface area contributed by atoms with Gasteiger partial charge in [-0.2, -0.15) is 0 Å². The van der Waals surface area contributed by atoms with Gasteiger partial charge in [-0.25, -0.2) is 4.98 Å². The number of fused-ring (bicyclic) bond motifs is 1. The summed E-state index contributed by atoms with van der Waals surface area (Å²) >= 11 is 0. The zero-order valence-corrected chi connectivity index (χ0v) is 9.95. The second-order valence-electron chi connectivity index (χ2n) is 4.60. The van der Waals surface area contributed by atoms with Gasteiger partial charge in [0.25, 0.3) is 0 Å². The van der Waals surface area contributed by atoms with Gasteiger partial charge in [0.05, 0.1) is 25.9 Å². The zero-order valence-electron chi connectivity index (χ0n) is 9.95. The lowest BCUT2D eigenvalue weighted by molar-refractivity contribution is -0.0819. The predicted molar refractivity (Wildman–Crippen MR) is 65.3 cm³/mol. The summed E-state index contributed by atoms with van der Waals surface area (Å²) in [6.45, 7) is 2.86. The lowest BCUT2D eigenvalue weighted by Gasteiger charge is -2.23. The molecule has 0 amide bonds. The molecule has 0 bridgehead atoms. The van der Waals surface area contributed by atoms with Crippen LogP contribution in [0.3, 0.4) is 0 Å². The third kappa shape index (κ3) is 2.58. The number of nitrogens with one attached hydrogen (secondary N) is 1. The Balaban J connectivity index is 1.57. The molecule has 4 heteroatoms. The van der Waals surface area contributed by atoms with E-state index in [4.69, 9.17) is 9.47 Å². The van der Waals surface area contributed by atoms with Crippen molar-refractivity contribution in [2.24, 2.45) is 0 Å². The number of aromatic nitrogens is 1. The van der Waals surface area contributed by atoms with Gasteiger partial charge in [-0.05, 0) is 30.9 Å². The highest BCUT2D eigenvalue weighted by Gasteiger charge is 2.15. The highest BCUT2D eigenvalue weighted by molar-refractivity contribution is 5.40. The third-order valence-corrected chi connectivity index (χ3v) is 3.32. The van der Waals surface area contributed by atoms with E-state index in [0.717, 1.165) is 18.8 Å². The molecule has 2 aliphatic rings. The topological polar surface area (TPSA) is 43.4 Å². The van der Waals surface area contributed by atoms with Crippen LogP contribution in [0.4, 0.5) is 5.82 Å².